The van der Waals surface area contributed by atoms with Crippen molar-refractivity contribution < 1.29 is 19.5 Å². The third-order valence-electron chi connectivity index (χ3n) is 1.33. The number of nitrogens with zero attached hydrogens (tertiary/aromatic N) is 1. The molecule has 1 rings (SSSR count). The number of urea groups is 1. The Kier molecular flexibility index (Phi) is 4.10. The highest BCUT2D eigenvalue weighted by Crippen LogP contribution is 1.85. The van der Waals surface area contributed by atoms with E-state index in [1.54, 1.807) is 12.4 Å². The molecule has 1 aromatic rings. The van der Waals surface area contributed by atoms with Crippen LogP contribution in [0.15, 0.2) is 12.4 Å². The van der Waals surface area contributed by atoms with Crippen molar-refractivity contribution in [2.45, 2.75) is 6.54 Å². The van der Waals surface area contributed by atoms with Crippen LogP contribution in [0.3, 0.4) is 0 Å². The van der Waals surface area contributed by atoms with Crippen LogP contribution in [-0.2, 0) is 16.2 Å². The lowest BCUT2D eigenvalue weighted by Gasteiger charge is -2.04. The minimum Gasteiger partial charge on any atom is -0.479 e. The number of aromatic nitrogens is 2. The summed E-state index contributed by atoms with van der Waals surface area (Å²) < 4.78 is 0. The van der Waals surface area contributed by atoms with Crippen LogP contribution in [-0.4, -0.2) is 33.7 Å². The zero-order valence-electron chi connectivity index (χ0n) is 7.69. The van der Waals surface area contributed by atoms with Gasteiger partial charge in [0, 0.05) is 12.4 Å². The number of hydrogen-bond donors (Lipinski definition) is 4. The molecule has 2 amide bonds. The summed E-state index contributed by atoms with van der Waals surface area (Å²) in [6.45, 7) is -0.385. The molecule has 0 unspecified atom stereocenters. The predicted octanol–water partition coefficient (Wildman–Crippen LogP) is -0.775. The maximum atomic E-state index is 10.9. The SMILES string of the molecule is O=C(O)CONC(=O)NCc1ncc[nH]1. The molecular weight excluding hydrogens is 204 g/mol. The molecule has 0 aliphatic carbocycles. The van der Waals surface area contributed by atoms with E-state index in [2.05, 4.69) is 20.1 Å². The summed E-state index contributed by atoms with van der Waals surface area (Å²) in [5.41, 5.74) is 1.90. The first-order valence-corrected chi connectivity index (χ1v) is 4.04. The number of H-pyrrole nitrogens is 1. The lowest BCUT2D eigenvalue weighted by atomic mass is 10.6. The summed E-state index contributed by atoms with van der Waals surface area (Å²) in [6.07, 6.45) is 3.17. The second kappa shape index (κ2) is 5.60. The minimum atomic E-state index is -1.17. The molecule has 15 heavy (non-hydrogen) atoms. The fourth-order valence-corrected chi connectivity index (χ4v) is 0.758. The molecule has 8 heteroatoms. The van der Waals surface area contributed by atoms with E-state index in [1.807, 2.05) is 5.48 Å². The van der Waals surface area contributed by atoms with Crippen molar-refractivity contribution in [2.24, 2.45) is 0 Å². The topological polar surface area (TPSA) is 116 Å². The van der Waals surface area contributed by atoms with Gasteiger partial charge in [-0.25, -0.2) is 20.1 Å². The molecule has 8 nitrogen and oxygen atoms in total. The number of carbonyl (C=O) groups excluding carboxylic acids is 1. The largest absolute Gasteiger partial charge is 0.479 e. The van der Waals surface area contributed by atoms with E-state index < -0.39 is 18.6 Å². The van der Waals surface area contributed by atoms with Crippen LogP contribution in [0.1, 0.15) is 5.82 Å². The standard InChI is InChI=1S/C7H10N4O4/c12-6(13)4-15-11-7(14)10-3-5-8-1-2-9-5/h1-2H,3-4H2,(H,8,9)(H,12,13)(H2,10,11,14). The fraction of sp³-hybridized carbons (Fsp3) is 0.286. The van der Waals surface area contributed by atoms with Crippen LogP contribution in [0.2, 0.25) is 0 Å². The highest BCUT2D eigenvalue weighted by molar-refractivity contribution is 5.73. The molecule has 82 valence electrons. The van der Waals surface area contributed by atoms with Crippen molar-refractivity contribution in [3.8, 4) is 0 Å². The molecule has 0 atom stereocenters. The van der Waals surface area contributed by atoms with Crippen molar-refractivity contribution in [3.63, 3.8) is 0 Å². The normalized spacial score (nSPS) is 9.60. The van der Waals surface area contributed by atoms with Crippen molar-refractivity contribution in [2.75, 3.05) is 6.61 Å². The van der Waals surface area contributed by atoms with Crippen LogP contribution in [0, 0.1) is 0 Å². The second-order valence-electron chi connectivity index (χ2n) is 2.50. The van der Waals surface area contributed by atoms with Crippen LogP contribution < -0.4 is 10.8 Å². The zero-order valence-corrected chi connectivity index (χ0v) is 7.69. The van der Waals surface area contributed by atoms with Crippen molar-refractivity contribution in [3.05, 3.63) is 18.2 Å². The second-order valence-corrected chi connectivity index (χ2v) is 2.50. The molecule has 0 aliphatic rings. The number of aliphatic carboxylic acids is 1. The summed E-state index contributed by atoms with van der Waals surface area (Å²) in [7, 11) is 0. The van der Waals surface area contributed by atoms with E-state index in [1.165, 1.54) is 0 Å². The molecule has 0 bridgehead atoms. The van der Waals surface area contributed by atoms with Gasteiger partial charge in [-0.05, 0) is 0 Å². The molecule has 0 saturated carbocycles. The van der Waals surface area contributed by atoms with E-state index >= 15 is 0 Å². The molecule has 0 saturated heterocycles. The summed E-state index contributed by atoms with van der Waals surface area (Å²) in [6, 6.07) is -0.632. The van der Waals surface area contributed by atoms with Gasteiger partial charge in [-0.3, -0.25) is 4.84 Å². The highest BCUT2D eigenvalue weighted by atomic mass is 16.7. The van der Waals surface area contributed by atoms with Crippen LogP contribution >= 0.6 is 0 Å². The van der Waals surface area contributed by atoms with Gasteiger partial charge in [0.2, 0.25) is 0 Å². The third-order valence-corrected chi connectivity index (χ3v) is 1.33. The number of carboxylic acid groups (broad SMARTS) is 1. The Labute approximate surface area is 84.6 Å². The number of imidazole rings is 1. The van der Waals surface area contributed by atoms with Crippen LogP contribution in [0.5, 0.6) is 0 Å². The van der Waals surface area contributed by atoms with Gasteiger partial charge in [-0.15, -0.1) is 0 Å². The summed E-state index contributed by atoms with van der Waals surface area (Å²) in [5, 5.41) is 10.6. The molecule has 1 aromatic heterocycles. The Hall–Kier alpha value is -2.09. The Bertz CT molecular complexity index is 324. The van der Waals surface area contributed by atoms with Crippen molar-refractivity contribution in [1.29, 1.82) is 0 Å². The lowest BCUT2D eigenvalue weighted by molar-refractivity contribution is -0.144. The van der Waals surface area contributed by atoms with E-state index in [9.17, 15) is 9.59 Å². The average molecular weight is 214 g/mol. The first-order valence-electron chi connectivity index (χ1n) is 4.04. The van der Waals surface area contributed by atoms with Crippen molar-refractivity contribution in [1.82, 2.24) is 20.8 Å². The first-order chi connectivity index (χ1) is 7.18. The number of nitrogens with one attached hydrogen (secondary N) is 3. The molecule has 0 aliphatic heterocycles. The first kappa shape index (κ1) is 11.0. The lowest BCUT2D eigenvalue weighted by Crippen LogP contribution is -2.36. The minimum absolute atomic E-state index is 0.204. The van der Waals surface area contributed by atoms with E-state index in [0.29, 0.717) is 5.82 Å². The maximum absolute atomic E-state index is 10.9. The quantitative estimate of drug-likeness (QED) is 0.480. The predicted molar refractivity (Wildman–Crippen MR) is 47.5 cm³/mol. The number of aromatic amines is 1. The van der Waals surface area contributed by atoms with Gasteiger partial charge in [0.15, 0.2) is 6.61 Å². The van der Waals surface area contributed by atoms with Gasteiger partial charge in [-0.2, -0.15) is 0 Å². The number of carboxylic acids is 1. The van der Waals surface area contributed by atoms with Crippen LogP contribution in [0.4, 0.5) is 4.79 Å². The van der Waals surface area contributed by atoms with Crippen LogP contribution in [0.25, 0.3) is 0 Å². The number of amides is 2. The Morgan fingerprint density at radius 3 is 3.00 bits per heavy atom. The molecule has 0 radical (unpaired) electrons. The molecule has 4 N–H and O–H groups in total. The Morgan fingerprint density at radius 2 is 2.40 bits per heavy atom. The van der Waals surface area contributed by atoms with Gasteiger partial charge >= 0.3 is 12.0 Å². The molecule has 0 spiro atoms. The molecule has 0 aromatic carbocycles. The summed E-state index contributed by atoms with van der Waals surface area (Å²) in [4.78, 5) is 31.9. The fourth-order valence-electron chi connectivity index (χ4n) is 0.758. The number of hydrogen-bond acceptors (Lipinski definition) is 4. The smallest absolute Gasteiger partial charge is 0.339 e. The number of carbonyl (C=O) groups is 2. The van der Waals surface area contributed by atoms with E-state index in [4.69, 9.17) is 5.11 Å². The van der Waals surface area contributed by atoms with Gasteiger partial charge in [0.05, 0.1) is 6.54 Å². The summed E-state index contributed by atoms with van der Waals surface area (Å²) >= 11 is 0. The van der Waals surface area contributed by atoms with Crippen molar-refractivity contribution >= 4 is 12.0 Å². The number of hydroxylamine groups is 1. The maximum Gasteiger partial charge on any atom is 0.339 e. The van der Waals surface area contributed by atoms with Gasteiger partial charge in [0.25, 0.3) is 0 Å². The third kappa shape index (κ3) is 4.62. The highest BCUT2D eigenvalue weighted by Gasteiger charge is 2.02. The van der Waals surface area contributed by atoms with E-state index in [0.717, 1.165) is 0 Å². The summed E-state index contributed by atoms with van der Waals surface area (Å²) in [5.74, 6) is -0.579. The van der Waals surface area contributed by atoms with E-state index in [-0.39, 0.29) is 6.54 Å². The Morgan fingerprint density at radius 1 is 1.60 bits per heavy atom. The monoisotopic (exact) mass is 214 g/mol. The van der Waals surface area contributed by atoms with Gasteiger partial charge < -0.3 is 15.4 Å². The molecular formula is C7H10N4O4. The van der Waals surface area contributed by atoms with Gasteiger partial charge in [0.1, 0.15) is 5.82 Å². The average Bonchev–Trinajstić information content (AvgIpc) is 2.66. The Balaban J connectivity index is 2.11. The van der Waals surface area contributed by atoms with Gasteiger partial charge in [-0.1, -0.05) is 0 Å². The number of rotatable bonds is 5. The zero-order chi connectivity index (χ0) is 11.1. The molecule has 1 heterocycles. The molecule has 0 fully saturated rings.